The predicted molar refractivity (Wildman–Crippen MR) is 61.0 cm³/mol. The van der Waals surface area contributed by atoms with Gasteiger partial charge in [-0.05, 0) is 25.8 Å². The van der Waals surface area contributed by atoms with Crippen LogP contribution in [0.5, 0.6) is 0 Å². The van der Waals surface area contributed by atoms with E-state index in [1.54, 1.807) is 0 Å². The van der Waals surface area contributed by atoms with Gasteiger partial charge in [-0.15, -0.1) is 0 Å². The second kappa shape index (κ2) is 4.00. The van der Waals surface area contributed by atoms with Gasteiger partial charge in [0.1, 0.15) is 0 Å². The minimum atomic E-state index is 0.551. The third kappa shape index (κ3) is 1.95. The molecule has 3 atom stereocenters. The Morgan fingerprint density at radius 1 is 1.20 bits per heavy atom. The monoisotopic (exact) mass is 208 g/mol. The molecule has 4 nitrogen and oxygen atoms in total. The Hall–Kier alpha value is -0.770. The summed E-state index contributed by atoms with van der Waals surface area (Å²) in [6.07, 6.45) is 6.50. The highest BCUT2D eigenvalue weighted by atomic mass is 15.3. The molecular formula is C11H20N4. The van der Waals surface area contributed by atoms with Crippen molar-refractivity contribution < 1.29 is 0 Å². The van der Waals surface area contributed by atoms with Crippen LogP contribution >= 0.6 is 0 Å². The van der Waals surface area contributed by atoms with Crippen LogP contribution in [0.1, 0.15) is 32.1 Å². The summed E-state index contributed by atoms with van der Waals surface area (Å²) in [6.45, 7) is 2.22. The topological polar surface area (TPSA) is 48.4 Å². The average molecular weight is 208 g/mol. The largest absolute Gasteiger partial charge is 0.352 e. The molecular weight excluding hydrogens is 188 g/mol. The zero-order valence-corrected chi connectivity index (χ0v) is 9.13. The lowest BCUT2D eigenvalue weighted by Gasteiger charge is -2.23. The molecule has 15 heavy (non-hydrogen) atoms. The molecule has 84 valence electrons. The Bertz CT molecular complexity index is 257. The molecule has 4 heteroatoms. The summed E-state index contributed by atoms with van der Waals surface area (Å²) in [4.78, 5) is 4.74. The van der Waals surface area contributed by atoms with Gasteiger partial charge in [-0.2, -0.15) is 0 Å². The maximum Gasteiger partial charge on any atom is 0.192 e. The number of nitrogens with zero attached hydrogens (tertiary/aromatic N) is 1. The minimum Gasteiger partial charge on any atom is -0.352 e. The second-order valence-corrected chi connectivity index (χ2v) is 4.91. The molecule has 0 spiro atoms. The van der Waals surface area contributed by atoms with Crippen LogP contribution in [0.15, 0.2) is 4.99 Å². The van der Waals surface area contributed by atoms with E-state index < -0.39 is 0 Å². The lowest BCUT2D eigenvalue weighted by atomic mass is 9.92. The van der Waals surface area contributed by atoms with Gasteiger partial charge < -0.3 is 16.0 Å². The highest BCUT2D eigenvalue weighted by Gasteiger charge is 2.31. The van der Waals surface area contributed by atoms with E-state index in [9.17, 15) is 0 Å². The third-order valence-corrected chi connectivity index (χ3v) is 3.75. The fraction of sp³-hybridized carbons (Fsp3) is 0.909. The van der Waals surface area contributed by atoms with Gasteiger partial charge in [0, 0.05) is 12.6 Å². The molecule has 0 aromatic carbocycles. The zero-order valence-electron chi connectivity index (χ0n) is 9.13. The molecule has 3 unspecified atom stereocenters. The first-order valence-corrected chi connectivity index (χ1v) is 6.23. The van der Waals surface area contributed by atoms with Crippen molar-refractivity contribution >= 4 is 5.96 Å². The first-order chi connectivity index (χ1) is 7.42. The van der Waals surface area contributed by atoms with Gasteiger partial charge >= 0.3 is 0 Å². The van der Waals surface area contributed by atoms with E-state index in [1.807, 2.05) is 0 Å². The van der Waals surface area contributed by atoms with Crippen molar-refractivity contribution in [1.29, 1.82) is 0 Å². The van der Waals surface area contributed by atoms with Crippen molar-refractivity contribution in [3.8, 4) is 0 Å². The quantitative estimate of drug-likeness (QED) is 0.577. The molecule has 0 aromatic heterocycles. The van der Waals surface area contributed by atoms with Crippen molar-refractivity contribution in [3.05, 3.63) is 0 Å². The number of guanidine groups is 1. The van der Waals surface area contributed by atoms with E-state index in [2.05, 4.69) is 16.0 Å². The third-order valence-electron chi connectivity index (χ3n) is 3.75. The smallest absolute Gasteiger partial charge is 0.192 e. The van der Waals surface area contributed by atoms with Gasteiger partial charge in [-0.3, -0.25) is 0 Å². The number of aliphatic imine (C=N–C) groups is 1. The Labute approximate surface area is 90.9 Å². The summed E-state index contributed by atoms with van der Waals surface area (Å²) < 4.78 is 0. The molecule has 2 fully saturated rings. The van der Waals surface area contributed by atoms with Gasteiger partial charge in [-0.1, -0.05) is 12.8 Å². The zero-order chi connectivity index (χ0) is 10.1. The van der Waals surface area contributed by atoms with E-state index in [4.69, 9.17) is 4.99 Å². The SMILES string of the molecule is C1CCC2NC(NC3CCNC3)=NC2C1. The lowest BCUT2D eigenvalue weighted by Crippen LogP contribution is -2.45. The van der Waals surface area contributed by atoms with Crippen molar-refractivity contribution in [3.63, 3.8) is 0 Å². The lowest BCUT2D eigenvalue weighted by molar-refractivity contribution is 0.384. The van der Waals surface area contributed by atoms with Crippen LogP contribution in [-0.2, 0) is 0 Å². The van der Waals surface area contributed by atoms with Crippen molar-refractivity contribution in [2.75, 3.05) is 13.1 Å². The van der Waals surface area contributed by atoms with E-state index in [0.29, 0.717) is 18.1 Å². The van der Waals surface area contributed by atoms with Gasteiger partial charge in [0.05, 0.1) is 12.1 Å². The van der Waals surface area contributed by atoms with Crippen LogP contribution in [0.3, 0.4) is 0 Å². The molecule has 0 aromatic rings. The van der Waals surface area contributed by atoms with E-state index >= 15 is 0 Å². The average Bonchev–Trinajstić information content (AvgIpc) is 2.86. The molecule has 2 aliphatic heterocycles. The van der Waals surface area contributed by atoms with Crippen molar-refractivity contribution in [2.24, 2.45) is 4.99 Å². The Morgan fingerprint density at radius 3 is 2.93 bits per heavy atom. The normalized spacial score (nSPS) is 39.5. The molecule has 0 bridgehead atoms. The summed E-state index contributed by atoms with van der Waals surface area (Å²) >= 11 is 0. The summed E-state index contributed by atoms with van der Waals surface area (Å²) in [7, 11) is 0. The van der Waals surface area contributed by atoms with Crippen molar-refractivity contribution in [2.45, 2.75) is 50.2 Å². The van der Waals surface area contributed by atoms with Crippen LogP contribution in [0, 0.1) is 0 Å². The Kier molecular flexibility index (Phi) is 2.52. The molecule has 3 N–H and O–H groups in total. The van der Waals surface area contributed by atoms with Crippen LogP contribution in [-0.4, -0.2) is 37.2 Å². The number of nitrogens with one attached hydrogen (secondary N) is 3. The van der Waals surface area contributed by atoms with Crippen LogP contribution in [0.4, 0.5) is 0 Å². The molecule has 0 amide bonds. The number of rotatable bonds is 1. The first-order valence-electron chi connectivity index (χ1n) is 6.23. The van der Waals surface area contributed by atoms with E-state index in [0.717, 1.165) is 19.0 Å². The molecule has 2 heterocycles. The van der Waals surface area contributed by atoms with Crippen LogP contribution < -0.4 is 16.0 Å². The van der Waals surface area contributed by atoms with Crippen molar-refractivity contribution in [1.82, 2.24) is 16.0 Å². The first kappa shape index (κ1) is 9.46. The van der Waals surface area contributed by atoms with Gasteiger partial charge in [0.25, 0.3) is 0 Å². The summed E-state index contributed by atoms with van der Waals surface area (Å²) in [5, 5.41) is 10.4. The Morgan fingerprint density at radius 2 is 2.13 bits per heavy atom. The molecule has 3 rings (SSSR count). The van der Waals surface area contributed by atoms with E-state index in [1.165, 1.54) is 32.1 Å². The minimum absolute atomic E-state index is 0.551. The molecule has 1 saturated carbocycles. The predicted octanol–water partition coefficient (Wildman–Crippen LogP) is 0.208. The Balaban J connectivity index is 1.58. The standard InChI is InChI=1S/C11H20N4/c1-2-4-10-9(3-1)14-11(15-10)13-8-5-6-12-7-8/h8-10,12H,1-7H2,(H2,13,14,15). The molecule has 1 aliphatic carbocycles. The fourth-order valence-corrected chi connectivity index (χ4v) is 2.86. The number of hydrogen-bond acceptors (Lipinski definition) is 4. The second-order valence-electron chi connectivity index (χ2n) is 4.91. The number of hydrogen-bond donors (Lipinski definition) is 3. The molecule has 3 aliphatic rings. The van der Waals surface area contributed by atoms with Crippen LogP contribution in [0.2, 0.25) is 0 Å². The summed E-state index contributed by atoms with van der Waals surface area (Å²) in [6, 6.07) is 1.75. The number of fused-ring (bicyclic) bond motifs is 1. The maximum absolute atomic E-state index is 4.74. The summed E-state index contributed by atoms with van der Waals surface area (Å²) in [5.74, 6) is 1.06. The van der Waals surface area contributed by atoms with Crippen LogP contribution in [0.25, 0.3) is 0 Å². The summed E-state index contributed by atoms with van der Waals surface area (Å²) in [5.41, 5.74) is 0. The molecule has 1 saturated heterocycles. The molecule has 0 radical (unpaired) electrons. The highest BCUT2D eigenvalue weighted by molar-refractivity contribution is 5.82. The van der Waals surface area contributed by atoms with Gasteiger partial charge in [0.2, 0.25) is 0 Å². The van der Waals surface area contributed by atoms with Gasteiger partial charge in [0.15, 0.2) is 5.96 Å². The maximum atomic E-state index is 4.74. The highest BCUT2D eigenvalue weighted by Crippen LogP contribution is 2.24. The fourth-order valence-electron chi connectivity index (χ4n) is 2.86. The van der Waals surface area contributed by atoms with Gasteiger partial charge in [-0.25, -0.2) is 4.99 Å². The van der Waals surface area contributed by atoms with E-state index in [-0.39, 0.29) is 0 Å².